The first-order valence-corrected chi connectivity index (χ1v) is 8.81. The summed E-state index contributed by atoms with van der Waals surface area (Å²) in [5.41, 5.74) is 1.24. The van der Waals surface area contributed by atoms with Crippen LogP contribution >= 0.6 is 0 Å². The molecule has 1 aliphatic rings. The molecule has 0 fully saturated rings. The van der Waals surface area contributed by atoms with Crippen LogP contribution in [-0.4, -0.2) is 50.3 Å². The van der Waals surface area contributed by atoms with Crippen molar-refractivity contribution in [2.45, 2.75) is 13.0 Å². The van der Waals surface area contributed by atoms with Gasteiger partial charge in [-0.05, 0) is 38.2 Å². The standard InChI is InChI=1S/C20H23N3O5/c1-13(20(25)22-15-7-8-17-18(10-15)28-12-27-17)23(2)11-19(24)21-14-5-4-6-16(9-14)26-3/h4-10,13H,11-12H2,1-3H3,(H,21,24)(H,22,25). The molecule has 0 bridgehead atoms. The molecule has 1 atom stereocenters. The van der Waals surface area contributed by atoms with E-state index < -0.39 is 6.04 Å². The van der Waals surface area contributed by atoms with Crippen LogP contribution in [0, 0.1) is 0 Å². The maximum absolute atomic E-state index is 12.5. The number of benzene rings is 2. The number of likely N-dealkylation sites (N-methyl/N-ethyl adjacent to an activating group) is 1. The highest BCUT2D eigenvalue weighted by atomic mass is 16.7. The molecule has 0 spiro atoms. The summed E-state index contributed by atoms with van der Waals surface area (Å²) in [5.74, 6) is 1.45. The van der Waals surface area contributed by atoms with Crippen LogP contribution in [0.4, 0.5) is 11.4 Å². The SMILES string of the molecule is COc1cccc(NC(=O)CN(C)C(C)C(=O)Nc2ccc3c(c2)OCO3)c1. The van der Waals surface area contributed by atoms with Crippen LogP contribution in [0.25, 0.3) is 0 Å². The lowest BCUT2D eigenvalue weighted by molar-refractivity contribution is -0.122. The Morgan fingerprint density at radius 2 is 1.86 bits per heavy atom. The van der Waals surface area contributed by atoms with Crippen molar-refractivity contribution in [3.63, 3.8) is 0 Å². The number of anilines is 2. The summed E-state index contributed by atoms with van der Waals surface area (Å²) in [6.07, 6.45) is 0. The highest BCUT2D eigenvalue weighted by Crippen LogP contribution is 2.34. The lowest BCUT2D eigenvalue weighted by Crippen LogP contribution is -2.43. The van der Waals surface area contributed by atoms with Crippen LogP contribution < -0.4 is 24.8 Å². The van der Waals surface area contributed by atoms with E-state index in [1.165, 1.54) is 0 Å². The molecule has 148 valence electrons. The molecule has 0 saturated carbocycles. The van der Waals surface area contributed by atoms with E-state index in [1.807, 2.05) is 0 Å². The molecule has 3 rings (SSSR count). The second-order valence-electron chi connectivity index (χ2n) is 6.43. The van der Waals surface area contributed by atoms with Crippen molar-refractivity contribution in [2.24, 2.45) is 0 Å². The summed E-state index contributed by atoms with van der Waals surface area (Å²) in [4.78, 5) is 26.4. The molecule has 2 aromatic rings. The van der Waals surface area contributed by atoms with Crippen LogP contribution in [0.3, 0.4) is 0 Å². The fourth-order valence-corrected chi connectivity index (χ4v) is 2.69. The van der Waals surface area contributed by atoms with Gasteiger partial charge in [0.05, 0.1) is 19.7 Å². The summed E-state index contributed by atoms with van der Waals surface area (Å²) in [6, 6.07) is 11.8. The van der Waals surface area contributed by atoms with Gasteiger partial charge in [-0.25, -0.2) is 0 Å². The minimum atomic E-state index is -0.513. The molecule has 0 saturated heterocycles. The van der Waals surface area contributed by atoms with Gasteiger partial charge in [-0.2, -0.15) is 0 Å². The summed E-state index contributed by atoms with van der Waals surface area (Å²) in [5, 5.41) is 5.62. The van der Waals surface area contributed by atoms with Crippen LogP contribution in [0.5, 0.6) is 17.2 Å². The molecule has 0 aliphatic carbocycles. The van der Waals surface area contributed by atoms with Gasteiger partial charge in [0.25, 0.3) is 0 Å². The molecule has 2 N–H and O–H groups in total. The predicted molar refractivity (Wildman–Crippen MR) is 105 cm³/mol. The largest absolute Gasteiger partial charge is 0.497 e. The van der Waals surface area contributed by atoms with Gasteiger partial charge in [-0.15, -0.1) is 0 Å². The number of hydrogen-bond donors (Lipinski definition) is 2. The van der Waals surface area contributed by atoms with Crippen molar-refractivity contribution in [2.75, 3.05) is 38.1 Å². The zero-order valence-corrected chi connectivity index (χ0v) is 16.0. The Morgan fingerprint density at radius 1 is 1.11 bits per heavy atom. The molecule has 1 heterocycles. The van der Waals surface area contributed by atoms with E-state index in [9.17, 15) is 9.59 Å². The highest BCUT2D eigenvalue weighted by Gasteiger charge is 2.21. The Balaban J connectivity index is 1.53. The smallest absolute Gasteiger partial charge is 0.241 e. The summed E-state index contributed by atoms with van der Waals surface area (Å²) in [6.45, 7) is 1.97. The Bertz CT molecular complexity index is 871. The number of carbonyl (C=O) groups is 2. The van der Waals surface area contributed by atoms with E-state index in [-0.39, 0.29) is 25.2 Å². The zero-order valence-electron chi connectivity index (χ0n) is 16.0. The van der Waals surface area contributed by atoms with Crippen LogP contribution in [-0.2, 0) is 9.59 Å². The lowest BCUT2D eigenvalue weighted by Gasteiger charge is -2.23. The average Bonchev–Trinajstić information content (AvgIpc) is 3.15. The van der Waals surface area contributed by atoms with Gasteiger partial charge < -0.3 is 24.8 Å². The molecule has 1 aliphatic heterocycles. The summed E-state index contributed by atoms with van der Waals surface area (Å²) in [7, 11) is 3.28. The van der Waals surface area contributed by atoms with E-state index in [0.717, 1.165) is 0 Å². The number of nitrogens with one attached hydrogen (secondary N) is 2. The molecular formula is C20H23N3O5. The Hall–Kier alpha value is -3.26. The van der Waals surface area contributed by atoms with E-state index in [2.05, 4.69) is 10.6 Å². The van der Waals surface area contributed by atoms with Crippen LogP contribution in [0.1, 0.15) is 6.92 Å². The molecule has 1 unspecified atom stereocenters. The number of methoxy groups -OCH3 is 1. The quantitative estimate of drug-likeness (QED) is 0.760. The van der Waals surface area contributed by atoms with Gasteiger partial charge in [0.2, 0.25) is 18.6 Å². The molecule has 28 heavy (non-hydrogen) atoms. The van der Waals surface area contributed by atoms with E-state index in [0.29, 0.717) is 28.6 Å². The monoisotopic (exact) mass is 385 g/mol. The van der Waals surface area contributed by atoms with E-state index >= 15 is 0 Å². The normalized spacial score (nSPS) is 13.1. The third-order valence-corrected chi connectivity index (χ3v) is 4.43. The van der Waals surface area contributed by atoms with Gasteiger partial charge in [0.15, 0.2) is 11.5 Å². The van der Waals surface area contributed by atoms with Crippen molar-refractivity contribution in [3.05, 3.63) is 42.5 Å². The van der Waals surface area contributed by atoms with Crippen LogP contribution in [0.15, 0.2) is 42.5 Å². The number of carbonyl (C=O) groups excluding carboxylic acids is 2. The third kappa shape index (κ3) is 4.72. The van der Waals surface area contributed by atoms with Gasteiger partial charge in [-0.3, -0.25) is 14.5 Å². The summed E-state index contributed by atoms with van der Waals surface area (Å²) >= 11 is 0. The Kier molecular flexibility index (Phi) is 6.00. The van der Waals surface area contributed by atoms with Gasteiger partial charge >= 0.3 is 0 Å². The molecule has 2 amide bonds. The van der Waals surface area contributed by atoms with Crippen molar-refractivity contribution in [1.29, 1.82) is 0 Å². The number of nitrogens with zero attached hydrogens (tertiary/aromatic N) is 1. The van der Waals surface area contributed by atoms with E-state index in [1.54, 1.807) is 68.4 Å². The van der Waals surface area contributed by atoms with E-state index in [4.69, 9.17) is 14.2 Å². The number of fused-ring (bicyclic) bond motifs is 1. The molecular weight excluding hydrogens is 362 g/mol. The average molecular weight is 385 g/mol. The minimum Gasteiger partial charge on any atom is -0.497 e. The second-order valence-corrected chi connectivity index (χ2v) is 6.43. The lowest BCUT2D eigenvalue weighted by atomic mass is 10.2. The van der Waals surface area contributed by atoms with Gasteiger partial charge in [-0.1, -0.05) is 6.07 Å². The summed E-state index contributed by atoms with van der Waals surface area (Å²) < 4.78 is 15.7. The number of rotatable bonds is 7. The minimum absolute atomic E-state index is 0.0624. The highest BCUT2D eigenvalue weighted by molar-refractivity contribution is 5.96. The van der Waals surface area contributed by atoms with Crippen molar-refractivity contribution in [1.82, 2.24) is 4.90 Å². The Morgan fingerprint density at radius 3 is 2.64 bits per heavy atom. The first-order valence-electron chi connectivity index (χ1n) is 8.81. The van der Waals surface area contributed by atoms with Crippen LogP contribution in [0.2, 0.25) is 0 Å². The second kappa shape index (κ2) is 8.62. The van der Waals surface area contributed by atoms with Crippen molar-refractivity contribution in [3.8, 4) is 17.2 Å². The topological polar surface area (TPSA) is 89.1 Å². The maximum atomic E-state index is 12.5. The van der Waals surface area contributed by atoms with Gasteiger partial charge in [0.1, 0.15) is 5.75 Å². The van der Waals surface area contributed by atoms with Crippen molar-refractivity contribution < 1.29 is 23.8 Å². The van der Waals surface area contributed by atoms with Gasteiger partial charge in [0, 0.05) is 23.5 Å². The maximum Gasteiger partial charge on any atom is 0.241 e. The first-order chi connectivity index (χ1) is 13.5. The fourth-order valence-electron chi connectivity index (χ4n) is 2.69. The molecule has 0 aromatic heterocycles. The number of ether oxygens (including phenoxy) is 3. The van der Waals surface area contributed by atoms with Crippen molar-refractivity contribution >= 4 is 23.2 Å². The predicted octanol–water partition coefficient (Wildman–Crippen LogP) is 2.32. The molecule has 0 radical (unpaired) electrons. The third-order valence-electron chi connectivity index (χ3n) is 4.43. The zero-order chi connectivity index (χ0) is 20.1. The number of amides is 2. The first kappa shape index (κ1) is 19.5. The molecule has 8 nitrogen and oxygen atoms in total. The Labute approximate surface area is 163 Å². The molecule has 2 aromatic carbocycles. The molecule has 8 heteroatoms. The number of hydrogen-bond acceptors (Lipinski definition) is 6. The fraction of sp³-hybridized carbons (Fsp3) is 0.300.